The van der Waals surface area contributed by atoms with Gasteiger partial charge < -0.3 is 18.9 Å². The summed E-state index contributed by atoms with van der Waals surface area (Å²) in [5, 5.41) is 0. The average Bonchev–Trinajstić information content (AvgIpc) is 2.59. The Morgan fingerprint density at radius 2 is 2.00 bits per heavy atom. The third kappa shape index (κ3) is 2.18. The van der Waals surface area contributed by atoms with Crippen LogP contribution >= 0.6 is 0 Å². The molecule has 3 atom stereocenters. The zero-order valence-electron chi connectivity index (χ0n) is 7.98. The van der Waals surface area contributed by atoms with Gasteiger partial charge in [0.05, 0.1) is 7.11 Å². The summed E-state index contributed by atoms with van der Waals surface area (Å²) in [6.45, 7) is 0. The number of carbonyl (C=O) groups excluding carboxylic acids is 1. The van der Waals surface area contributed by atoms with Gasteiger partial charge in [-0.05, 0) is 0 Å². The second-order valence-corrected chi connectivity index (χ2v) is 2.77. The minimum Gasteiger partial charge on any atom is -0.469 e. The Morgan fingerprint density at radius 3 is 2.46 bits per heavy atom. The molecule has 1 rings (SSSR count). The molecule has 0 N–H and O–H groups in total. The van der Waals surface area contributed by atoms with Crippen molar-refractivity contribution in [2.24, 2.45) is 5.92 Å². The first-order valence-corrected chi connectivity index (χ1v) is 4.01. The number of hydrogen-bond donors (Lipinski definition) is 0. The lowest BCUT2D eigenvalue weighted by molar-refractivity contribution is -0.197. The molecule has 0 aromatic carbocycles. The molecule has 1 heterocycles. The van der Waals surface area contributed by atoms with Gasteiger partial charge >= 0.3 is 5.97 Å². The van der Waals surface area contributed by atoms with Crippen LogP contribution in [0.3, 0.4) is 0 Å². The predicted octanol–water partition coefficient (Wildman–Crippen LogP) is 0.141. The van der Waals surface area contributed by atoms with Crippen LogP contribution in [0.1, 0.15) is 6.42 Å². The van der Waals surface area contributed by atoms with Crippen molar-refractivity contribution in [1.82, 2.24) is 0 Å². The Kier molecular flexibility index (Phi) is 3.65. The van der Waals surface area contributed by atoms with Gasteiger partial charge in [0.15, 0.2) is 12.6 Å². The van der Waals surface area contributed by atoms with Gasteiger partial charge in [-0.3, -0.25) is 4.79 Å². The molecule has 5 heteroatoms. The maximum atomic E-state index is 11.2. The molecule has 0 amide bonds. The highest BCUT2D eigenvalue weighted by Gasteiger charge is 2.40. The Bertz CT molecular complexity index is 181. The van der Waals surface area contributed by atoms with Gasteiger partial charge in [-0.2, -0.15) is 0 Å². The molecule has 13 heavy (non-hydrogen) atoms. The number of carbonyl (C=O) groups is 1. The van der Waals surface area contributed by atoms with Crippen molar-refractivity contribution >= 4 is 5.97 Å². The number of hydrogen-bond acceptors (Lipinski definition) is 5. The number of rotatable bonds is 3. The predicted molar refractivity (Wildman–Crippen MR) is 42.8 cm³/mol. The number of ether oxygens (including phenoxy) is 4. The lowest BCUT2D eigenvalue weighted by Crippen LogP contribution is -2.26. The SMILES string of the molecule is COC(=O)[C@@H]1C[C@@H](OC)O[C@@H]1OC. The highest BCUT2D eigenvalue weighted by atomic mass is 16.8. The van der Waals surface area contributed by atoms with Crippen LogP contribution in [0, 0.1) is 5.92 Å². The molecule has 0 aromatic rings. The molecular formula is C8H14O5. The number of methoxy groups -OCH3 is 3. The van der Waals surface area contributed by atoms with E-state index in [2.05, 4.69) is 4.74 Å². The monoisotopic (exact) mass is 190 g/mol. The third-order valence-electron chi connectivity index (χ3n) is 2.06. The van der Waals surface area contributed by atoms with Gasteiger partial charge in [0.1, 0.15) is 5.92 Å². The minimum absolute atomic E-state index is 0.327. The van der Waals surface area contributed by atoms with E-state index in [1.165, 1.54) is 21.3 Å². The maximum Gasteiger partial charge on any atom is 0.314 e. The van der Waals surface area contributed by atoms with E-state index in [-0.39, 0.29) is 18.2 Å². The first-order valence-electron chi connectivity index (χ1n) is 4.01. The van der Waals surface area contributed by atoms with Gasteiger partial charge in [0.25, 0.3) is 0 Å². The van der Waals surface area contributed by atoms with Crippen LogP contribution in [-0.4, -0.2) is 39.9 Å². The Morgan fingerprint density at radius 1 is 1.31 bits per heavy atom. The summed E-state index contributed by atoms with van der Waals surface area (Å²) in [5.41, 5.74) is 0. The fourth-order valence-electron chi connectivity index (χ4n) is 1.35. The molecule has 5 nitrogen and oxygen atoms in total. The second-order valence-electron chi connectivity index (χ2n) is 2.77. The fourth-order valence-corrected chi connectivity index (χ4v) is 1.35. The average molecular weight is 190 g/mol. The Labute approximate surface area is 76.9 Å². The molecule has 0 saturated carbocycles. The Balaban J connectivity index is 2.57. The smallest absolute Gasteiger partial charge is 0.314 e. The van der Waals surface area contributed by atoms with Crippen LogP contribution in [-0.2, 0) is 23.7 Å². The van der Waals surface area contributed by atoms with E-state index in [0.29, 0.717) is 6.42 Å². The summed E-state index contributed by atoms with van der Waals surface area (Å²) < 4.78 is 19.8. The molecule has 0 aromatic heterocycles. The molecule has 1 saturated heterocycles. The molecule has 1 aliphatic heterocycles. The van der Waals surface area contributed by atoms with Crippen LogP contribution in [0.5, 0.6) is 0 Å². The minimum atomic E-state index is -0.558. The van der Waals surface area contributed by atoms with Gasteiger partial charge in [-0.15, -0.1) is 0 Å². The normalized spacial score (nSPS) is 33.3. The summed E-state index contributed by atoms with van der Waals surface area (Å²) in [4.78, 5) is 11.2. The van der Waals surface area contributed by atoms with Crippen molar-refractivity contribution in [3.05, 3.63) is 0 Å². The van der Waals surface area contributed by atoms with Crippen molar-refractivity contribution in [1.29, 1.82) is 0 Å². The van der Waals surface area contributed by atoms with E-state index < -0.39 is 6.29 Å². The molecule has 0 bridgehead atoms. The molecule has 0 unspecified atom stereocenters. The topological polar surface area (TPSA) is 54.0 Å². The molecular weight excluding hydrogens is 176 g/mol. The largest absolute Gasteiger partial charge is 0.469 e. The highest BCUT2D eigenvalue weighted by Crippen LogP contribution is 2.28. The second kappa shape index (κ2) is 4.55. The van der Waals surface area contributed by atoms with Crippen LogP contribution < -0.4 is 0 Å². The van der Waals surface area contributed by atoms with E-state index >= 15 is 0 Å². The standard InChI is InChI=1S/C8H14O5/c1-10-6-4-5(7(9)11-2)8(12-3)13-6/h5-6,8H,4H2,1-3H3/t5-,6-,8-/m0/s1. The van der Waals surface area contributed by atoms with Crippen molar-refractivity contribution < 1.29 is 23.7 Å². The van der Waals surface area contributed by atoms with Crippen molar-refractivity contribution in [3.8, 4) is 0 Å². The van der Waals surface area contributed by atoms with Crippen molar-refractivity contribution in [2.45, 2.75) is 19.0 Å². The van der Waals surface area contributed by atoms with Gasteiger partial charge in [0.2, 0.25) is 0 Å². The van der Waals surface area contributed by atoms with Gasteiger partial charge in [-0.25, -0.2) is 0 Å². The first-order chi connectivity index (χ1) is 6.22. The molecule has 0 radical (unpaired) electrons. The summed E-state index contributed by atoms with van der Waals surface area (Å²) in [5.74, 6) is -0.716. The molecule has 1 fully saturated rings. The van der Waals surface area contributed by atoms with Crippen molar-refractivity contribution in [2.75, 3.05) is 21.3 Å². The summed E-state index contributed by atoms with van der Waals surface area (Å²) in [6, 6.07) is 0. The molecule has 1 aliphatic rings. The third-order valence-corrected chi connectivity index (χ3v) is 2.06. The zero-order valence-corrected chi connectivity index (χ0v) is 7.98. The van der Waals surface area contributed by atoms with Gasteiger partial charge in [0, 0.05) is 20.6 Å². The lowest BCUT2D eigenvalue weighted by Gasteiger charge is -2.13. The quantitative estimate of drug-likeness (QED) is 0.592. The Hall–Kier alpha value is -0.650. The van der Waals surface area contributed by atoms with Crippen molar-refractivity contribution in [3.63, 3.8) is 0 Å². The van der Waals surface area contributed by atoms with E-state index in [9.17, 15) is 4.79 Å². The van der Waals surface area contributed by atoms with Crippen LogP contribution in [0.2, 0.25) is 0 Å². The summed E-state index contributed by atoms with van der Waals surface area (Å²) in [7, 11) is 4.35. The lowest BCUT2D eigenvalue weighted by atomic mass is 10.1. The van der Waals surface area contributed by atoms with Crippen LogP contribution in [0.4, 0.5) is 0 Å². The van der Waals surface area contributed by atoms with E-state index in [1.54, 1.807) is 0 Å². The number of esters is 1. The molecule has 0 spiro atoms. The zero-order chi connectivity index (χ0) is 9.84. The highest BCUT2D eigenvalue weighted by molar-refractivity contribution is 5.73. The van der Waals surface area contributed by atoms with Crippen LogP contribution in [0.25, 0.3) is 0 Å². The van der Waals surface area contributed by atoms with Crippen LogP contribution in [0.15, 0.2) is 0 Å². The van der Waals surface area contributed by atoms with E-state index in [0.717, 1.165) is 0 Å². The fraction of sp³-hybridized carbons (Fsp3) is 0.875. The van der Waals surface area contributed by atoms with E-state index in [1.807, 2.05) is 0 Å². The first kappa shape index (κ1) is 10.4. The molecule has 76 valence electrons. The summed E-state index contributed by atoms with van der Waals surface area (Å²) in [6.07, 6.45) is -0.465. The van der Waals surface area contributed by atoms with E-state index in [4.69, 9.17) is 14.2 Å². The van der Waals surface area contributed by atoms with Gasteiger partial charge in [-0.1, -0.05) is 0 Å². The maximum absolute atomic E-state index is 11.2. The molecule has 0 aliphatic carbocycles. The summed E-state index contributed by atoms with van der Waals surface area (Å²) >= 11 is 0.